The van der Waals surface area contributed by atoms with Crippen LogP contribution in [0.2, 0.25) is 4.34 Å². The number of nitrogens with one attached hydrogen (secondary N) is 1. The fourth-order valence-corrected chi connectivity index (χ4v) is 1.07. The number of aromatic nitrogens is 1. The van der Waals surface area contributed by atoms with Gasteiger partial charge in [0.2, 0.25) is 0 Å². The molecule has 0 spiro atoms. The minimum atomic E-state index is 0.717. The van der Waals surface area contributed by atoms with Gasteiger partial charge in [0, 0.05) is 13.1 Å². The summed E-state index contributed by atoms with van der Waals surface area (Å²) in [7, 11) is 1.81. The Kier molecular flexibility index (Phi) is 1.70. The molecule has 1 heterocycles. The third kappa shape index (κ3) is 1.11. The first-order valence-corrected chi connectivity index (χ1v) is 3.28. The summed E-state index contributed by atoms with van der Waals surface area (Å²) < 4.78 is 4.65. The van der Waals surface area contributed by atoms with Crippen LogP contribution in [-0.4, -0.2) is 11.4 Å². The van der Waals surface area contributed by atoms with Gasteiger partial charge in [0.1, 0.15) is 10.2 Å². The normalized spacial score (nSPS) is 9.25. The van der Waals surface area contributed by atoms with Gasteiger partial charge in [-0.1, -0.05) is 11.6 Å². The molecule has 0 unspecified atom stereocenters. The van der Waals surface area contributed by atoms with Crippen molar-refractivity contribution in [3.63, 3.8) is 0 Å². The lowest BCUT2D eigenvalue weighted by atomic mass is 10.7. The van der Waals surface area contributed by atoms with E-state index < -0.39 is 0 Å². The van der Waals surface area contributed by atoms with E-state index in [-0.39, 0.29) is 0 Å². The largest absolute Gasteiger partial charge is 0.372 e. The molecule has 1 N–H and O–H groups in total. The topological polar surface area (TPSA) is 24.9 Å². The van der Waals surface area contributed by atoms with Gasteiger partial charge in [-0.25, -0.2) is 0 Å². The highest BCUT2D eigenvalue weighted by Crippen LogP contribution is 2.18. The Bertz CT molecular complexity index is 174. The van der Waals surface area contributed by atoms with Crippen LogP contribution in [0.5, 0.6) is 0 Å². The molecule has 0 saturated carbocycles. The van der Waals surface area contributed by atoms with E-state index in [1.54, 1.807) is 6.07 Å². The van der Waals surface area contributed by atoms with Gasteiger partial charge in [0.15, 0.2) is 0 Å². The SMILES string of the molecule is CNc1cc(Cl)sn1. The average Bonchev–Trinajstić information content (AvgIpc) is 2.14. The molecular weight excluding hydrogens is 144 g/mol. The van der Waals surface area contributed by atoms with Crippen LogP contribution in [0.15, 0.2) is 6.07 Å². The maximum atomic E-state index is 5.56. The van der Waals surface area contributed by atoms with Gasteiger partial charge in [0.05, 0.1) is 0 Å². The molecule has 1 rings (SSSR count). The third-order valence-electron chi connectivity index (χ3n) is 0.738. The lowest BCUT2D eigenvalue weighted by molar-refractivity contribution is 1.43. The van der Waals surface area contributed by atoms with Crippen LogP contribution in [0.1, 0.15) is 0 Å². The highest BCUT2D eigenvalue weighted by Gasteiger charge is 1.92. The summed E-state index contributed by atoms with van der Waals surface area (Å²) in [4.78, 5) is 0. The fraction of sp³-hybridized carbons (Fsp3) is 0.250. The van der Waals surface area contributed by atoms with Crippen LogP contribution in [-0.2, 0) is 0 Å². The molecule has 4 heteroatoms. The Hall–Kier alpha value is -0.280. The predicted octanol–water partition coefficient (Wildman–Crippen LogP) is 1.84. The molecule has 2 nitrogen and oxygen atoms in total. The van der Waals surface area contributed by atoms with E-state index in [1.165, 1.54) is 11.5 Å². The highest BCUT2D eigenvalue weighted by molar-refractivity contribution is 7.10. The van der Waals surface area contributed by atoms with Gasteiger partial charge in [-0.05, 0) is 11.5 Å². The van der Waals surface area contributed by atoms with Crippen molar-refractivity contribution in [2.45, 2.75) is 0 Å². The molecule has 0 atom stereocenters. The number of anilines is 1. The average molecular weight is 149 g/mol. The summed E-state index contributed by atoms with van der Waals surface area (Å²) in [6.07, 6.45) is 0. The first kappa shape index (κ1) is 5.85. The Morgan fingerprint density at radius 3 is 2.88 bits per heavy atom. The van der Waals surface area contributed by atoms with Gasteiger partial charge in [0.25, 0.3) is 0 Å². The van der Waals surface area contributed by atoms with E-state index in [9.17, 15) is 0 Å². The quantitative estimate of drug-likeness (QED) is 0.658. The minimum Gasteiger partial charge on any atom is -0.372 e. The fourth-order valence-electron chi connectivity index (χ4n) is 0.371. The molecule has 44 valence electrons. The zero-order chi connectivity index (χ0) is 5.98. The van der Waals surface area contributed by atoms with Crippen molar-refractivity contribution in [1.29, 1.82) is 0 Å². The van der Waals surface area contributed by atoms with Crippen molar-refractivity contribution in [3.05, 3.63) is 10.4 Å². The molecule has 8 heavy (non-hydrogen) atoms. The zero-order valence-corrected chi connectivity index (χ0v) is 5.88. The first-order valence-electron chi connectivity index (χ1n) is 2.13. The lowest BCUT2D eigenvalue weighted by Crippen LogP contribution is -1.84. The lowest BCUT2D eigenvalue weighted by Gasteiger charge is -1.84. The van der Waals surface area contributed by atoms with Gasteiger partial charge in [-0.2, -0.15) is 4.37 Å². The molecule has 1 aromatic heterocycles. The van der Waals surface area contributed by atoms with Crippen LogP contribution in [0, 0.1) is 0 Å². The molecular formula is C4H5ClN2S. The molecule has 0 aliphatic rings. The molecule has 0 aliphatic carbocycles. The Balaban J connectivity index is 2.84. The highest BCUT2D eigenvalue weighted by atomic mass is 35.5. The van der Waals surface area contributed by atoms with Crippen LogP contribution in [0.3, 0.4) is 0 Å². The second-order valence-corrected chi connectivity index (χ2v) is 2.70. The Labute approximate surface area is 56.7 Å². The van der Waals surface area contributed by atoms with Crippen molar-refractivity contribution in [3.8, 4) is 0 Å². The summed E-state index contributed by atoms with van der Waals surface area (Å²) in [5.74, 6) is 0.833. The molecule has 0 aliphatic heterocycles. The second-order valence-electron chi connectivity index (χ2n) is 1.27. The Morgan fingerprint density at radius 1 is 1.88 bits per heavy atom. The van der Waals surface area contributed by atoms with Gasteiger partial charge in [-0.15, -0.1) is 0 Å². The van der Waals surface area contributed by atoms with Crippen molar-refractivity contribution in [2.75, 3.05) is 12.4 Å². The zero-order valence-electron chi connectivity index (χ0n) is 4.31. The maximum absolute atomic E-state index is 5.56. The van der Waals surface area contributed by atoms with E-state index in [0.717, 1.165) is 5.82 Å². The van der Waals surface area contributed by atoms with Crippen LogP contribution >= 0.6 is 23.1 Å². The second kappa shape index (κ2) is 2.33. The van der Waals surface area contributed by atoms with Crippen molar-refractivity contribution >= 4 is 29.0 Å². The smallest absolute Gasteiger partial charge is 0.140 e. The molecule has 0 saturated heterocycles. The van der Waals surface area contributed by atoms with Crippen LogP contribution in [0.4, 0.5) is 5.82 Å². The molecule has 0 radical (unpaired) electrons. The van der Waals surface area contributed by atoms with E-state index in [2.05, 4.69) is 9.69 Å². The monoisotopic (exact) mass is 148 g/mol. The molecule has 0 fully saturated rings. The van der Waals surface area contributed by atoms with Crippen LogP contribution < -0.4 is 5.32 Å². The predicted molar refractivity (Wildman–Crippen MR) is 36.7 cm³/mol. The summed E-state index contributed by atoms with van der Waals surface area (Å²) >= 11 is 6.84. The first-order chi connectivity index (χ1) is 3.83. The van der Waals surface area contributed by atoms with Crippen molar-refractivity contribution in [2.24, 2.45) is 0 Å². The summed E-state index contributed by atoms with van der Waals surface area (Å²) in [5, 5.41) is 2.86. The third-order valence-corrected chi connectivity index (χ3v) is 1.63. The van der Waals surface area contributed by atoms with Gasteiger partial charge in [-0.3, -0.25) is 0 Å². The van der Waals surface area contributed by atoms with Crippen LogP contribution in [0.25, 0.3) is 0 Å². The molecule has 0 bridgehead atoms. The summed E-state index contributed by atoms with van der Waals surface area (Å²) in [6.45, 7) is 0. The summed E-state index contributed by atoms with van der Waals surface area (Å²) in [6, 6.07) is 1.78. The number of halogens is 1. The van der Waals surface area contributed by atoms with E-state index in [4.69, 9.17) is 11.6 Å². The van der Waals surface area contributed by atoms with E-state index >= 15 is 0 Å². The molecule has 1 aromatic rings. The number of hydrogen-bond acceptors (Lipinski definition) is 3. The number of hydrogen-bond donors (Lipinski definition) is 1. The minimum absolute atomic E-state index is 0.717. The number of rotatable bonds is 1. The van der Waals surface area contributed by atoms with Gasteiger partial charge < -0.3 is 5.32 Å². The van der Waals surface area contributed by atoms with Crippen molar-refractivity contribution < 1.29 is 0 Å². The Morgan fingerprint density at radius 2 is 2.62 bits per heavy atom. The summed E-state index contributed by atoms with van der Waals surface area (Å²) in [5.41, 5.74) is 0. The molecule has 0 amide bonds. The van der Waals surface area contributed by atoms with E-state index in [1.807, 2.05) is 7.05 Å². The molecule has 0 aromatic carbocycles. The number of nitrogens with zero attached hydrogens (tertiary/aromatic N) is 1. The van der Waals surface area contributed by atoms with E-state index in [0.29, 0.717) is 4.34 Å². The van der Waals surface area contributed by atoms with Gasteiger partial charge >= 0.3 is 0 Å². The maximum Gasteiger partial charge on any atom is 0.140 e. The standard InChI is InChI=1S/C4H5ClN2S/c1-6-4-2-3(5)8-7-4/h2H,1H3,(H,6,7). The van der Waals surface area contributed by atoms with Crippen molar-refractivity contribution in [1.82, 2.24) is 4.37 Å².